The first-order chi connectivity index (χ1) is 34.0. The molecule has 12 rings (SSSR count). The highest BCUT2D eigenvalue weighted by Crippen LogP contribution is 2.52. The van der Waals surface area contributed by atoms with Crippen LogP contribution in [0.1, 0.15) is 80.5 Å². The van der Waals surface area contributed by atoms with Crippen LogP contribution < -0.4 is 30.4 Å². The Balaban J connectivity index is 1.12. The Morgan fingerprint density at radius 2 is 1.07 bits per heavy atom. The Hall–Kier alpha value is -6.86. The number of para-hydroxylation sites is 2. The van der Waals surface area contributed by atoms with Gasteiger partial charge in [0.15, 0.2) is 0 Å². The Morgan fingerprint density at radius 1 is 0.451 bits per heavy atom. The predicted octanol–water partition coefficient (Wildman–Crippen LogP) is 17.5. The van der Waals surface area contributed by atoms with Gasteiger partial charge >= 0.3 is 0 Å². The summed E-state index contributed by atoms with van der Waals surface area (Å²) in [6, 6.07) is 62.2. The first-order valence-corrected chi connectivity index (χ1v) is 26.7. The van der Waals surface area contributed by atoms with Crippen molar-refractivity contribution < 1.29 is 0 Å². The van der Waals surface area contributed by atoms with Gasteiger partial charge in [-0.05, 0) is 179 Å². The van der Waals surface area contributed by atoms with E-state index in [0.29, 0.717) is 0 Å². The molecule has 0 radical (unpaired) electrons. The van der Waals surface area contributed by atoms with Crippen LogP contribution in [0.4, 0.5) is 51.2 Å². The van der Waals surface area contributed by atoms with Crippen molar-refractivity contribution in [2.45, 2.75) is 87.0 Å². The van der Waals surface area contributed by atoms with E-state index in [-0.39, 0.29) is 17.5 Å². The maximum Gasteiger partial charge on any atom is 0.264 e. The van der Waals surface area contributed by atoms with Gasteiger partial charge in [-0.2, -0.15) is 0 Å². The van der Waals surface area contributed by atoms with Gasteiger partial charge in [0.1, 0.15) is 0 Å². The molecule has 0 aliphatic carbocycles. The van der Waals surface area contributed by atoms with Gasteiger partial charge in [0.25, 0.3) is 6.71 Å². The lowest BCUT2D eigenvalue weighted by atomic mass is 9.36. The van der Waals surface area contributed by atoms with E-state index < -0.39 is 0 Å². The van der Waals surface area contributed by atoms with Crippen molar-refractivity contribution in [1.29, 1.82) is 0 Å². The zero-order chi connectivity index (χ0) is 49.2. The molecule has 0 spiro atoms. The molecule has 0 N–H and O–H groups in total. The predicted molar refractivity (Wildman–Crippen MR) is 312 cm³/mol. The summed E-state index contributed by atoms with van der Waals surface area (Å²) >= 11 is 3.84. The molecule has 0 saturated heterocycles. The second-order valence-corrected chi connectivity index (χ2v) is 24.3. The number of anilines is 9. The number of hydrogen-bond donors (Lipinski definition) is 0. The summed E-state index contributed by atoms with van der Waals surface area (Å²) in [5.41, 5.74) is 23.9. The molecule has 2 aromatic heterocycles. The Morgan fingerprint density at radius 3 is 1.75 bits per heavy atom. The van der Waals surface area contributed by atoms with E-state index in [1.807, 2.05) is 22.7 Å². The third-order valence-corrected chi connectivity index (χ3v) is 17.4. The van der Waals surface area contributed by atoms with E-state index in [1.54, 1.807) is 0 Å². The highest BCUT2D eigenvalue weighted by molar-refractivity contribution is 7.33. The molecule has 0 unspecified atom stereocenters. The van der Waals surface area contributed by atoms with Crippen LogP contribution in [0.2, 0.25) is 0 Å². The van der Waals surface area contributed by atoms with Crippen molar-refractivity contribution >= 4 is 116 Å². The summed E-state index contributed by atoms with van der Waals surface area (Å²) < 4.78 is 4.03. The number of aryl methyl sites for hydroxylation is 5. The Labute approximate surface area is 428 Å². The van der Waals surface area contributed by atoms with E-state index in [0.717, 1.165) is 17.1 Å². The quantitative estimate of drug-likeness (QED) is 0.154. The summed E-state index contributed by atoms with van der Waals surface area (Å²) in [4.78, 5) is 9.02. The Bertz CT molecular complexity index is 3680. The molecule has 10 aromatic rings. The third-order valence-electron chi connectivity index (χ3n) is 15.0. The van der Waals surface area contributed by atoms with Gasteiger partial charge in [0, 0.05) is 58.6 Å². The lowest BCUT2D eigenvalue weighted by molar-refractivity contribution is 0.589. The molecule has 2 aliphatic rings. The molecule has 3 nitrogen and oxygen atoms in total. The molecule has 0 fully saturated rings. The van der Waals surface area contributed by atoms with E-state index in [4.69, 9.17) is 0 Å². The minimum atomic E-state index is -0.00629. The molecule has 6 heteroatoms. The van der Waals surface area contributed by atoms with E-state index >= 15 is 0 Å². The van der Waals surface area contributed by atoms with E-state index in [1.165, 1.54) is 119 Å². The molecule has 71 heavy (non-hydrogen) atoms. The highest BCUT2D eigenvalue weighted by atomic mass is 32.1. The van der Waals surface area contributed by atoms with Crippen molar-refractivity contribution in [3.05, 3.63) is 203 Å². The molecule has 0 saturated carbocycles. The topological polar surface area (TPSA) is 9.72 Å². The maximum atomic E-state index is 2.68. The van der Waals surface area contributed by atoms with Gasteiger partial charge in [-0.15, -0.1) is 22.7 Å². The largest absolute Gasteiger partial charge is 0.311 e. The second-order valence-electron chi connectivity index (χ2n) is 22.2. The van der Waals surface area contributed by atoms with Crippen LogP contribution >= 0.6 is 22.7 Å². The number of hydrogen-bond acceptors (Lipinski definition) is 5. The molecule has 4 heterocycles. The summed E-state index contributed by atoms with van der Waals surface area (Å²) in [6.07, 6.45) is 0. The first kappa shape index (κ1) is 45.3. The molecule has 8 aromatic carbocycles. The number of nitrogens with zero attached hydrogens (tertiary/aromatic N) is 3. The minimum Gasteiger partial charge on any atom is -0.311 e. The summed E-state index contributed by atoms with van der Waals surface area (Å²) in [6.45, 7) is 25.5. The standard InChI is InChI=1S/C65H60BN3S2/c1-39-32-54-59-55(33-39)69(61-42(4)34-47(35-43(61)5)65(9,10)11)62-51-37-46(64(6,7)8)26-31-57(51)71-63(62)66(59)52-30-29-50(38-53(52)68(54)60-40(2)18-17-19-41(60)3)67(48-21-13-12-14-22-48)49-27-24-44(25-28-49)58-36-45-20-15-16-23-56(45)70-58/h12-38H,1-11H3. The number of rotatable bonds is 6. The number of thiophene rings is 2. The van der Waals surface area contributed by atoms with Crippen LogP contribution in [0, 0.1) is 34.6 Å². The van der Waals surface area contributed by atoms with Crippen molar-refractivity contribution in [2.75, 3.05) is 14.7 Å². The SMILES string of the molecule is Cc1cc2c3c(c1)N(c1c(C)cc(C(C)(C)C)cc1C)c1c(sc4ccc(C(C)(C)C)cc14)B3c1ccc(N(c3ccccc3)c3ccc(-c4cc5ccccc5s4)cc3)cc1N2c1c(C)cccc1C. The van der Waals surface area contributed by atoms with Gasteiger partial charge in [-0.25, -0.2) is 0 Å². The maximum absolute atomic E-state index is 2.68. The number of benzene rings is 8. The monoisotopic (exact) mass is 957 g/mol. The van der Waals surface area contributed by atoms with Gasteiger partial charge in [0.05, 0.1) is 17.1 Å². The van der Waals surface area contributed by atoms with E-state index in [2.05, 4.69) is 255 Å². The minimum absolute atomic E-state index is 0.00629. The normalized spacial score (nSPS) is 13.2. The van der Waals surface area contributed by atoms with Gasteiger partial charge in [0.2, 0.25) is 0 Å². The van der Waals surface area contributed by atoms with Crippen LogP contribution in [-0.2, 0) is 10.8 Å². The van der Waals surface area contributed by atoms with Crippen LogP contribution in [0.3, 0.4) is 0 Å². The fraction of sp³-hybridized carbons (Fsp3) is 0.200. The second kappa shape index (κ2) is 16.6. The first-order valence-electron chi connectivity index (χ1n) is 25.1. The summed E-state index contributed by atoms with van der Waals surface area (Å²) in [5.74, 6) is 0. The molecule has 0 bridgehead atoms. The van der Waals surface area contributed by atoms with Crippen molar-refractivity contribution in [1.82, 2.24) is 0 Å². The fourth-order valence-corrected chi connectivity index (χ4v) is 13.9. The molecule has 0 atom stereocenters. The van der Waals surface area contributed by atoms with Crippen LogP contribution in [-0.4, -0.2) is 6.71 Å². The average molecular weight is 958 g/mol. The average Bonchev–Trinajstić information content (AvgIpc) is 3.95. The van der Waals surface area contributed by atoms with Gasteiger partial charge in [-0.1, -0.05) is 133 Å². The molecular formula is C65H60BN3S2. The lowest BCUT2D eigenvalue weighted by Crippen LogP contribution is -2.60. The molecule has 350 valence electrons. The Kier molecular flexibility index (Phi) is 10.6. The zero-order valence-electron chi connectivity index (χ0n) is 42.8. The third kappa shape index (κ3) is 7.44. The molecule has 0 amide bonds. The van der Waals surface area contributed by atoms with Crippen LogP contribution in [0.5, 0.6) is 0 Å². The van der Waals surface area contributed by atoms with Crippen molar-refractivity contribution in [2.24, 2.45) is 0 Å². The zero-order valence-corrected chi connectivity index (χ0v) is 44.5. The van der Waals surface area contributed by atoms with Crippen LogP contribution in [0.15, 0.2) is 164 Å². The van der Waals surface area contributed by atoms with Crippen molar-refractivity contribution in [3.63, 3.8) is 0 Å². The van der Waals surface area contributed by atoms with Crippen LogP contribution in [0.25, 0.3) is 30.6 Å². The summed E-state index contributed by atoms with van der Waals surface area (Å²) in [7, 11) is 0. The fourth-order valence-electron chi connectivity index (χ4n) is 11.5. The smallest absolute Gasteiger partial charge is 0.264 e. The van der Waals surface area contributed by atoms with Gasteiger partial charge in [-0.3, -0.25) is 0 Å². The summed E-state index contributed by atoms with van der Waals surface area (Å²) in [5, 5.41) is 2.62. The number of fused-ring (bicyclic) bond motifs is 7. The highest BCUT2D eigenvalue weighted by Gasteiger charge is 2.46. The molecule has 2 aliphatic heterocycles. The van der Waals surface area contributed by atoms with Crippen molar-refractivity contribution in [3.8, 4) is 10.4 Å². The molecular weight excluding hydrogens is 898 g/mol. The van der Waals surface area contributed by atoms with E-state index in [9.17, 15) is 0 Å². The van der Waals surface area contributed by atoms with Gasteiger partial charge < -0.3 is 14.7 Å². The lowest BCUT2D eigenvalue weighted by Gasteiger charge is -2.45.